The van der Waals surface area contributed by atoms with Crippen molar-refractivity contribution in [2.45, 2.75) is 90.9 Å². The van der Waals surface area contributed by atoms with E-state index in [1.807, 2.05) is 0 Å². The molecular weight excluding hydrogens is 1210 g/mol. The van der Waals surface area contributed by atoms with Gasteiger partial charge in [-0.15, -0.1) is 0 Å². The molecule has 0 spiro atoms. The van der Waals surface area contributed by atoms with Crippen LogP contribution in [-0.4, -0.2) is 0 Å². The summed E-state index contributed by atoms with van der Waals surface area (Å²) in [6.07, 6.45) is 0. The van der Waals surface area contributed by atoms with Crippen LogP contribution in [0.15, 0.2) is 291 Å². The standard InChI is InChI=1S/2C49H39N/c1-30-11-10-14-34(27-30)50(36-21-25-42-44(29-36)48(2,3)43-26-19-31-12-6-8-15-37(31)45(42)43)35-20-24-39-33(28-35)18-23-41-40-22-17-32-13-7-9-16-38(32)46(40)49(4,5)47(39)41;1-30-14-18-36(19-15-30)50(38-21-22-40-46(29-38)48(2,3)43-23-17-31-10-8-9-13-39(31)47(40)43)37-20-16-34-26-42-41-25-32-11-6-7-12-33(32)27-44(41)49(4,5)45(42)28-35(34)24-37/h2*6-29H,1-5H3. The van der Waals surface area contributed by atoms with E-state index in [4.69, 9.17) is 0 Å². The molecule has 0 aliphatic heterocycles. The minimum atomic E-state index is -0.118. The van der Waals surface area contributed by atoms with Crippen LogP contribution < -0.4 is 9.80 Å². The smallest absolute Gasteiger partial charge is 0.0468 e. The maximum Gasteiger partial charge on any atom is 0.0468 e. The van der Waals surface area contributed by atoms with E-state index in [0.29, 0.717) is 0 Å². The van der Waals surface area contributed by atoms with Crippen LogP contribution in [0, 0.1) is 13.8 Å². The summed E-state index contributed by atoms with van der Waals surface area (Å²) in [4.78, 5) is 4.89. The van der Waals surface area contributed by atoms with Crippen LogP contribution in [-0.2, 0) is 21.7 Å². The summed E-state index contributed by atoms with van der Waals surface area (Å²) in [6.45, 7) is 23.4. The van der Waals surface area contributed by atoms with E-state index in [1.54, 1.807) is 0 Å². The van der Waals surface area contributed by atoms with Gasteiger partial charge in [0.1, 0.15) is 0 Å². The maximum absolute atomic E-state index is 2.46. The fraction of sp³-hybridized carbons (Fsp3) is 0.143. The highest BCUT2D eigenvalue weighted by molar-refractivity contribution is 6.08. The number of aryl methyl sites for hydroxylation is 2. The van der Waals surface area contributed by atoms with Gasteiger partial charge in [-0.25, -0.2) is 0 Å². The van der Waals surface area contributed by atoms with Crippen LogP contribution in [0.25, 0.3) is 109 Å². The lowest BCUT2D eigenvalue weighted by atomic mass is 9.78. The van der Waals surface area contributed by atoms with Gasteiger partial charge < -0.3 is 9.80 Å². The summed E-state index contributed by atoms with van der Waals surface area (Å²) in [5.74, 6) is 0. The van der Waals surface area contributed by atoms with Crippen LogP contribution in [0.2, 0.25) is 0 Å². The van der Waals surface area contributed by atoms with Crippen LogP contribution in [0.1, 0.15) is 111 Å². The van der Waals surface area contributed by atoms with Crippen molar-refractivity contribution < 1.29 is 0 Å². The average Bonchev–Trinajstić information content (AvgIpc) is 1.56. The topological polar surface area (TPSA) is 6.48 Å². The molecule has 0 aromatic heterocycles. The molecule has 2 heteroatoms. The first-order valence-corrected chi connectivity index (χ1v) is 35.7. The lowest BCUT2D eigenvalue weighted by molar-refractivity contribution is 0.661. The first-order chi connectivity index (χ1) is 48.4. The normalized spacial score (nSPS) is 14.8. The molecule has 20 rings (SSSR count). The third-order valence-electron chi connectivity index (χ3n) is 23.6. The molecule has 0 atom stereocenters. The summed E-state index contributed by atoms with van der Waals surface area (Å²) >= 11 is 0. The second-order valence-electron chi connectivity index (χ2n) is 31.0. The van der Waals surface area contributed by atoms with E-state index in [9.17, 15) is 0 Å². The molecule has 0 saturated heterocycles. The number of fused-ring (bicyclic) bond motifs is 22. The SMILES string of the molecule is Cc1ccc(N(c2ccc3c(c2)C(C)(C)c2ccc4ccccc4c2-3)c2ccc3cc4c(cc3c2)C(C)(C)c2cc3ccccc3cc2-4)cc1.Cc1cccc(N(c2ccc3c(c2)C(C)(C)c2ccc4ccccc4c2-3)c2ccc3c4c(ccc3c2)-c2ccc3ccccc3c2C4(C)C)c1. The first-order valence-electron chi connectivity index (χ1n) is 35.7. The summed E-state index contributed by atoms with van der Waals surface area (Å²) in [5.41, 5.74) is 31.3. The van der Waals surface area contributed by atoms with Crippen LogP contribution in [0.4, 0.5) is 34.1 Å². The van der Waals surface area contributed by atoms with Gasteiger partial charge in [-0.2, -0.15) is 0 Å². The predicted octanol–water partition coefficient (Wildman–Crippen LogP) is 27.1. The highest BCUT2D eigenvalue weighted by Gasteiger charge is 2.42. The van der Waals surface area contributed by atoms with Crippen molar-refractivity contribution in [3.63, 3.8) is 0 Å². The van der Waals surface area contributed by atoms with Gasteiger partial charge in [0.2, 0.25) is 0 Å². The number of rotatable bonds is 6. The van der Waals surface area contributed by atoms with Crippen LogP contribution in [0.5, 0.6) is 0 Å². The Morgan fingerprint density at radius 2 is 0.570 bits per heavy atom. The molecule has 480 valence electrons. The molecule has 0 N–H and O–H groups in total. The molecule has 4 aliphatic rings. The number of nitrogens with zero attached hydrogens (tertiary/aromatic N) is 2. The van der Waals surface area contributed by atoms with Gasteiger partial charge in [0, 0.05) is 55.8 Å². The van der Waals surface area contributed by atoms with Crippen molar-refractivity contribution in [2.75, 3.05) is 9.80 Å². The zero-order chi connectivity index (χ0) is 67.9. The molecule has 0 unspecified atom stereocenters. The molecule has 2 nitrogen and oxygen atoms in total. The largest absolute Gasteiger partial charge is 0.310 e. The Bertz CT molecular complexity index is 6190. The highest BCUT2D eigenvalue weighted by atomic mass is 15.1. The third kappa shape index (κ3) is 8.81. The zero-order valence-corrected chi connectivity index (χ0v) is 58.6. The summed E-state index contributed by atoms with van der Waals surface area (Å²) in [5, 5.41) is 15.7. The summed E-state index contributed by atoms with van der Waals surface area (Å²) in [6, 6.07) is 110. The Hall–Kier alpha value is -11.3. The number of benzene rings is 16. The van der Waals surface area contributed by atoms with Crippen LogP contribution >= 0.6 is 0 Å². The van der Waals surface area contributed by atoms with E-state index < -0.39 is 0 Å². The molecule has 0 radical (unpaired) electrons. The summed E-state index contributed by atoms with van der Waals surface area (Å²) < 4.78 is 0. The Morgan fingerprint density at radius 3 is 1.14 bits per heavy atom. The zero-order valence-electron chi connectivity index (χ0n) is 58.6. The van der Waals surface area contributed by atoms with Gasteiger partial charge in [-0.05, 0) is 270 Å². The van der Waals surface area contributed by atoms with Gasteiger partial charge in [-0.1, -0.05) is 255 Å². The molecule has 0 saturated carbocycles. The van der Waals surface area contributed by atoms with E-state index in [-0.39, 0.29) is 21.7 Å². The van der Waals surface area contributed by atoms with Crippen molar-refractivity contribution in [3.8, 4) is 44.5 Å². The highest BCUT2D eigenvalue weighted by Crippen LogP contribution is 2.58. The second kappa shape index (κ2) is 21.6. The minimum absolute atomic E-state index is 0.0831. The van der Waals surface area contributed by atoms with Crippen molar-refractivity contribution >= 4 is 98.8 Å². The second-order valence-corrected chi connectivity index (χ2v) is 31.0. The molecule has 0 amide bonds. The molecular formula is C98H78N2. The fourth-order valence-corrected chi connectivity index (χ4v) is 18.6. The van der Waals surface area contributed by atoms with Gasteiger partial charge in [0.05, 0.1) is 0 Å². The van der Waals surface area contributed by atoms with Crippen molar-refractivity contribution in [1.82, 2.24) is 0 Å². The number of hydrogen-bond acceptors (Lipinski definition) is 2. The van der Waals surface area contributed by atoms with Crippen molar-refractivity contribution in [1.29, 1.82) is 0 Å². The maximum atomic E-state index is 2.46. The Kier molecular flexibility index (Phi) is 12.9. The molecule has 0 fully saturated rings. The molecule has 0 heterocycles. The Balaban J connectivity index is 0.000000139. The van der Waals surface area contributed by atoms with Gasteiger partial charge >= 0.3 is 0 Å². The van der Waals surface area contributed by atoms with E-state index >= 15 is 0 Å². The summed E-state index contributed by atoms with van der Waals surface area (Å²) in [7, 11) is 0. The number of hydrogen-bond donors (Lipinski definition) is 0. The number of anilines is 6. The van der Waals surface area contributed by atoms with Crippen molar-refractivity contribution in [2.24, 2.45) is 0 Å². The van der Waals surface area contributed by atoms with E-state index in [0.717, 1.165) is 5.69 Å². The van der Waals surface area contributed by atoms with E-state index in [2.05, 4.69) is 370 Å². The molecule has 4 aliphatic carbocycles. The monoisotopic (exact) mass is 1280 g/mol. The average molecular weight is 1280 g/mol. The fourth-order valence-electron chi connectivity index (χ4n) is 18.6. The quantitative estimate of drug-likeness (QED) is 0.164. The first kappa shape index (κ1) is 59.9. The lowest BCUT2D eigenvalue weighted by Crippen LogP contribution is -2.17. The third-order valence-corrected chi connectivity index (χ3v) is 23.6. The minimum Gasteiger partial charge on any atom is -0.310 e. The van der Waals surface area contributed by atoms with Crippen LogP contribution in [0.3, 0.4) is 0 Å². The lowest BCUT2D eigenvalue weighted by Gasteiger charge is -2.29. The van der Waals surface area contributed by atoms with Gasteiger partial charge in [0.25, 0.3) is 0 Å². The van der Waals surface area contributed by atoms with Gasteiger partial charge in [-0.3, -0.25) is 0 Å². The molecule has 16 aromatic rings. The molecule has 100 heavy (non-hydrogen) atoms. The Morgan fingerprint density at radius 1 is 0.200 bits per heavy atom. The Labute approximate surface area is 587 Å². The predicted molar refractivity (Wildman–Crippen MR) is 427 cm³/mol. The molecule has 16 aromatic carbocycles. The molecule has 0 bridgehead atoms. The van der Waals surface area contributed by atoms with Crippen molar-refractivity contribution in [3.05, 3.63) is 347 Å². The van der Waals surface area contributed by atoms with Gasteiger partial charge in [0.15, 0.2) is 0 Å². The van der Waals surface area contributed by atoms with E-state index in [1.165, 1.54) is 193 Å².